The Labute approximate surface area is 133 Å². The Morgan fingerprint density at radius 1 is 1.17 bits per heavy atom. The predicted molar refractivity (Wildman–Crippen MR) is 86.4 cm³/mol. The monoisotopic (exact) mass is 323 g/mol. The van der Waals surface area contributed by atoms with Crippen LogP contribution in [0.5, 0.6) is 0 Å². The molecule has 0 unspecified atom stereocenters. The summed E-state index contributed by atoms with van der Waals surface area (Å²) in [4.78, 5) is 37.6. The number of H-pyrrole nitrogens is 2. The van der Waals surface area contributed by atoms with Crippen LogP contribution in [0.4, 0.5) is 10.3 Å². The molecule has 0 atom stereocenters. The molecule has 8 heteroatoms. The highest BCUT2D eigenvalue weighted by molar-refractivity contribution is 6.11. The molecule has 0 bridgehead atoms. The average molecular weight is 323 g/mol. The number of para-hydroxylation sites is 1. The highest BCUT2D eigenvalue weighted by Gasteiger charge is 2.15. The first-order valence-electron chi connectivity index (χ1n) is 7.05. The fraction of sp³-hybridized carbons (Fsp3) is 0. The number of anilines is 1. The van der Waals surface area contributed by atoms with Gasteiger partial charge in [-0.25, -0.2) is 14.4 Å². The maximum atomic E-state index is 13.7. The number of benzene rings is 1. The van der Waals surface area contributed by atoms with E-state index in [1.165, 1.54) is 24.4 Å². The van der Waals surface area contributed by atoms with E-state index in [0.29, 0.717) is 16.6 Å². The van der Waals surface area contributed by atoms with E-state index in [9.17, 15) is 14.0 Å². The van der Waals surface area contributed by atoms with Gasteiger partial charge in [-0.1, -0.05) is 6.07 Å². The van der Waals surface area contributed by atoms with Crippen molar-refractivity contribution in [1.29, 1.82) is 0 Å². The predicted octanol–water partition coefficient (Wildman–Crippen LogP) is 2.19. The molecule has 4 rings (SSSR count). The number of hydrogen-bond acceptors (Lipinski definition) is 4. The molecule has 1 aromatic carbocycles. The number of aromatic nitrogens is 4. The number of nitrogens with one attached hydrogen (secondary N) is 3. The van der Waals surface area contributed by atoms with Crippen LogP contribution in [0.2, 0.25) is 0 Å². The van der Waals surface area contributed by atoms with Crippen LogP contribution in [-0.4, -0.2) is 25.8 Å². The van der Waals surface area contributed by atoms with E-state index in [-0.39, 0.29) is 17.0 Å². The van der Waals surface area contributed by atoms with Gasteiger partial charge >= 0.3 is 0 Å². The van der Waals surface area contributed by atoms with Crippen LogP contribution < -0.4 is 10.9 Å². The second-order valence-corrected chi connectivity index (χ2v) is 5.12. The van der Waals surface area contributed by atoms with Gasteiger partial charge in [-0.2, -0.15) is 0 Å². The van der Waals surface area contributed by atoms with Gasteiger partial charge in [0, 0.05) is 17.6 Å². The highest BCUT2D eigenvalue weighted by Crippen LogP contribution is 2.19. The summed E-state index contributed by atoms with van der Waals surface area (Å²) < 4.78 is 13.7. The molecule has 0 fully saturated rings. The minimum Gasteiger partial charge on any atom is -0.324 e. The number of carbonyl (C=O) groups is 1. The van der Waals surface area contributed by atoms with E-state index >= 15 is 0 Å². The summed E-state index contributed by atoms with van der Waals surface area (Å²) in [5.41, 5.74) is 0.614. The molecule has 7 nitrogen and oxygen atoms in total. The van der Waals surface area contributed by atoms with Gasteiger partial charge in [0.25, 0.3) is 5.91 Å². The van der Waals surface area contributed by atoms with Gasteiger partial charge in [0.2, 0.25) is 11.5 Å². The first kappa shape index (κ1) is 14.1. The van der Waals surface area contributed by atoms with Gasteiger partial charge in [-0.15, -0.1) is 0 Å². The molecule has 0 saturated heterocycles. The van der Waals surface area contributed by atoms with Gasteiger partial charge in [0.1, 0.15) is 11.2 Å². The number of amides is 1. The molecule has 0 radical (unpaired) electrons. The number of hydrogen-bond donors (Lipinski definition) is 3. The van der Waals surface area contributed by atoms with Crippen LogP contribution in [0.3, 0.4) is 0 Å². The molecule has 118 valence electrons. The molecule has 0 aliphatic rings. The van der Waals surface area contributed by atoms with Gasteiger partial charge in [0.05, 0.1) is 11.1 Å². The van der Waals surface area contributed by atoms with Crippen molar-refractivity contribution < 1.29 is 9.18 Å². The molecule has 0 saturated carbocycles. The third kappa shape index (κ3) is 2.30. The molecule has 0 spiro atoms. The lowest BCUT2D eigenvalue weighted by Crippen LogP contribution is -2.17. The summed E-state index contributed by atoms with van der Waals surface area (Å²) in [5, 5.41) is 3.04. The van der Waals surface area contributed by atoms with Crippen molar-refractivity contribution in [3.05, 3.63) is 64.3 Å². The average Bonchev–Trinajstić information content (AvgIpc) is 2.98. The normalized spacial score (nSPS) is 11.0. The van der Waals surface area contributed by atoms with Crippen LogP contribution in [0.15, 0.2) is 47.4 Å². The fourth-order valence-electron chi connectivity index (χ4n) is 2.50. The van der Waals surface area contributed by atoms with E-state index in [1.54, 1.807) is 18.2 Å². The zero-order chi connectivity index (χ0) is 16.7. The SMILES string of the molecule is O=C(Nc1nc2c(F)cccc2[nH]1)c1cc(=O)[nH]c2ncccc12. The Bertz CT molecular complexity index is 1150. The van der Waals surface area contributed by atoms with E-state index in [1.807, 2.05) is 0 Å². The number of nitrogens with zero attached hydrogens (tertiary/aromatic N) is 2. The molecule has 1 amide bonds. The first-order valence-corrected chi connectivity index (χ1v) is 7.05. The van der Waals surface area contributed by atoms with E-state index in [4.69, 9.17) is 0 Å². The Hall–Kier alpha value is -3.55. The van der Waals surface area contributed by atoms with Crippen molar-refractivity contribution in [3.63, 3.8) is 0 Å². The molecule has 0 aliphatic carbocycles. The van der Waals surface area contributed by atoms with Crippen LogP contribution in [0.25, 0.3) is 22.1 Å². The van der Waals surface area contributed by atoms with Gasteiger partial charge in [0.15, 0.2) is 5.82 Å². The van der Waals surface area contributed by atoms with Crippen molar-refractivity contribution in [2.45, 2.75) is 0 Å². The molecule has 3 aromatic heterocycles. The number of imidazole rings is 1. The summed E-state index contributed by atoms with van der Waals surface area (Å²) in [6, 6.07) is 8.98. The summed E-state index contributed by atoms with van der Waals surface area (Å²) >= 11 is 0. The minimum atomic E-state index is -0.543. The van der Waals surface area contributed by atoms with Crippen LogP contribution in [-0.2, 0) is 0 Å². The summed E-state index contributed by atoms with van der Waals surface area (Å²) in [5.74, 6) is -0.939. The number of carbonyl (C=O) groups excluding carboxylic acids is 1. The second kappa shape index (κ2) is 5.27. The van der Waals surface area contributed by atoms with E-state index in [2.05, 4.69) is 25.3 Å². The maximum absolute atomic E-state index is 13.7. The zero-order valence-electron chi connectivity index (χ0n) is 12.1. The molecule has 24 heavy (non-hydrogen) atoms. The molecular formula is C16H10FN5O2. The largest absolute Gasteiger partial charge is 0.324 e. The minimum absolute atomic E-state index is 0.0948. The number of halogens is 1. The summed E-state index contributed by atoms with van der Waals surface area (Å²) in [7, 11) is 0. The smallest absolute Gasteiger partial charge is 0.258 e. The number of fused-ring (bicyclic) bond motifs is 2. The van der Waals surface area contributed by atoms with Crippen molar-refractivity contribution >= 4 is 33.9 Å². The first-order chi connectivity index (χ1) is 11.6. The fourth-order valence-corrected chi connectivity index (χ4v) is 2.50. The van der Waals surface area contributed by atoms with Crippen molar-refractivity contribution in [2.75, 3.05) is 5.32 Å². The standard InChI is InChI=1S/C16H10FN5O2/c17-10-4-1-5-11-13(10)21-16(19-11)22-15(24)9-7-12(23)20-14-8(9)3-2-6-18-14/h1-7H,(H,18,20,23)(H2,19,21,22,24). The Morgan fingerprint density at radius 3 is 2.88 bits per heavy atom. The lowest BCUT2D eigenvalue weighted by atomic mass is 10.1. The lowest BCUT2D eigenvalue weighted by molar-refractivity contribution is 0.102. The maximum Gasteiger partial charge on any atom is 0.258 e. The van der Waals surface area contributed by atoms with Gasteiger partial charge in [-0.3, -0.25) is 14.9 Å². The third-order valence-corrected chi connectivity index (χ3v) is 3.55. The van der Waals surface area contributed by atoms with E-state index in [0.717, 1.165) is 0 Å². The van der Waals surface area contributed by atoms with Crippen molar-refractivity contribution in [2.24, 2.45) is 0 Å². The lowest BCUT2D eigenvalue weighted by Gasteiger charge is -2.05. The zero-order valence-corrected chi connectivity index (χ0v) is 12.1. The molecule has 3 N–H and O–H groups in total. The topological polar surface area (TPSA) is 104 Å². The quantitative estimate of drug-likeness (QED) is 0.526. The molecule has 3 heterocycles. The Morgan fingerprint density at radius 2 is 2.04 bits per heavy atom. The summed E-state index contributed by atoms with van der Waals surface area (Å²) in [6.07, 6.45) is 1.52. The van der Waals surface area contributed by atoms with Gasteiger partial charge in [-0.05, 0) is 24.3 Å². The highest BCUT2D eigenvalue weighted by atomic mass is 19.1. The van der Waals surface area contributed by atoms with Crippen molar-refractivity contribution in [1.82, 2.24) is 19.9 Å². The molecule has 4 aromatic rings. The summed E-state index contributed by atoms with van der Waals surface area (Å²) in [6.45, 7) is 0. The molecular weight excluding hydrogens is 313 g/mol. The Kier molecular flexibility index (Phi) is 3.09. The van der Waals surface area contributed by atoms with Crippen LogP contribution >= 0.6 is 0 Å². The van der Waals surface area contributed by atoms with E-state index < -0.39 is 17.3 Å². The molecule has 0 aliphatic heterocycles. The van der Waals surface area contributed by atoms with Crippen molar-refractivity contribution in [3.8, 4) is 0 Å². The number of aromatic amines is 2. The second-order valence-electron chi connectivity index (χ2n) is 5.12. The van der Waals surface area contributed by atoms with Crippen LogP contribution in [0.1, 0.15) is 10.4 Å². The number of rotatable bonds is 2. The van der Waals surface area contributed by atoms with Crippen LogP contribution in [0, 0.1) is 5.82 Å². The van der Waals surface area contributed by atoms with Gasteiger partial charge < -0.3 is 9.97 Å². The number of pyridine rings is 2. The Balaban J connectivity index is 1.76. The third-order valence-electron chi connectivity index (χ3n) is 3.55.